The first-order chi connectivity index (χ1) is 18.5. The third-order valence-corrected chi connectivity index (χ3v) is 7.82. The van der Waals surface area contributed by atoms with Crippen LogP contribution in [0.4, 0.5) is 5.13 Å². The van der Waals surface area contributed by atoms with Gasteiger partial charge in [-0.15, -0.1) is 0 Å². The van der Waals surface area contributed by atoms with Crippen LogP contribution in [0, 0.1) is 6.92 Å². The Morgan fingerprint density at radius 2 is 1.74 bits per heavy atom. The molecule has 1 aliphatic heterocycles. The van der Waals surface area contributed by atoms with Crippen molar-refractivity contribution in [1.82, 2.24) is 9.88 Å². The molecule has 0 bridgehead atoms. The number of carbonyl (C=O) groups excluding carboxylic acids is 1. The van der Waals surface area contributed by atoms with Gasteiger partial charge in [-0.3, -0.25) is 14.6 Å². The first kappa shape index (κ1) is 28.4. The Balaban J connectivity index is 1.71. The highest BCUT2D eigenvalue weighted by atomic mass is 35.5. The molecule has 2 heterocycles. The second-order valence-electron chi connectivity index (χ2n) is 8.90. The monoisotopic (exact) mass is 561 g/mol. The maximum atomic E-state index is 14.1. The van der Waals surface area contributed by atoms with Crippen molar-refractivity contribution in [2.24, 2.45) is 0 Å². The molecule has 0 saturated carbocycles. The van der Waals surface area contributed by atoms with E-state index in [1.807, 2.05) is 39.8 Å². The van der Waals surface area contributed by atoms with E-state index < -0.39 is 0 Å². The van der Waals surface area contributed by atoms with Crippen LogP contribution in [0.5, 0.6) is 17.2 Å². The second-order valence-corrected chi connectivity index (χ2v) is 10.3. The van der Waals surface area contributed by atoms with E-state index >= 15 is 0 Å². The van der Waals surface area contributed by atoms with Crippen LogP contribution in [0.2, 0.25) is 5.02 Å². The standard InChI is InChI=1S/C28H36ClN3O5S/c1-5-35-22-17-20(18-23(36-6-2)25(22)37-7-3)27(33)32(12-8-11-31-13-15-34-16-14-31)28-30-24-19(4)9-10-21(29)26(24)38-28/h9-10,17-18H,5-8,11-16H2,1-4H3. The number of thiazole rings is 1. The summed E-state index contributed by atoms with van der Waals surface area (Å²) in [6.45, 7) is 13.7. The fourth-order valence-electron chi connectivity index (χ4n) is 4.44. The Hall–Kier alpha value is -2.59. The van der Waals surface area contributed by atoms with E-state index in [0.717, 1.165) is 55.0 Å². The number of hydrogen-bond donors (Lipinski definition) is 0. The number of ether oxygens (including phenoxy) is 4. The van der Waals surface area contributed by atoms with Crippen LogP contribution in [0.3, 0.4) is 0 Å². The van der Waals surface area contributed by atoms with Gasteiger partial charge in [0.15, 0.2) is 16.6 Å². The maximum Gasteiger partial charge on any atom is 0.260 e. The van der Waals surface area contributed by atoms with Crippen molar-refractivity contribution in [3.05, 3.63) is 40.4 Å². The maximum absolute atomic E-state index is 14.1. The molecule has 38 heavy (non-hydrogen) atoms. The zero-order valence-electron chi connectivity index (χ0n) is 22.5. The lowest BCUT2D eigenvalue weighted by atomic mass is 10.1. The van der Waals surface area contributed by atoms with E-state index in [1.165, 1.54) is 11.3 Å². The third-order valence-electron chi connectivity index (χ3n) is 6.28. The molecule has 10 heteroatoms. The average Bonchev–Trinajstić information content (AvgIpc) is 3.37. The SMILES string of the molecule is CCOc1cc(C(=O)N(CCCN2CCOCC2)c2nc3c(C)ccc(Cl)c3s2)cc(OCC)c1OCC. The molecular weight excluding hydrogens is 526 g/mol. The van der Waals surface area contributed by atoms with Crippen LogP contribution in [-0.4, -0.2) is 75.0 Å². The Morgan fingerprint density at radius 3 is 2.34 bits per heavy atom. The summed E-state index contributed by atoms with van der Waals surface area (Å²) in [6.07, 6.45) is 0.794. The lowest BCUT2D eigenvalue weighted by molar-refractivity contribution is 0.0376. The molecule has 0 atom stereocenters. The van der Waals surface area contributed by atoms with Crippen molar-refractivity contribution in [3.8, 4) is 17.2 Å². The largest absolute Gasteiger partial charge is 0.490 e. The first-order valence-corrected chi connectivity index (χ1v) is 14.4. The molecule has 0 spiro atoms. The molecular formula is C28H36ClN3O5S. The number of hydrogen-bond acceptors (Lipinski definition) is 8. The van der Waals surface area contributed by atoms with E-state index in [0.29, 0.717) is 59.3 Å². The quantitative estimate of drug-likeness (QED) is 0.276. The lowest BCUT2D eigenvalue weighted by Crippen LogP contribution is -2.39. The highest BCUT2D eigenvalue weighted by Gasteiger charge is 2.26. The molecule has 1 saturated heterocycles. The van der Waals surface area contributed by atoms with Crippen molar-refractivity contribution in [2.75, 3.05) is 64.1 Å². The smallest absolute Gasteiger partial charge is 0.260 e. The van der Waals surface area contributed by atoms with Crippen LogP contribution in [0.15, 0.2) is 24.3 Å². The topological polar surface area (TPSA) is 73.4 Å². The van der Waals surface area contributed by atoms with Gasteiger partial charge in [-0.1, -0.05) is 29.0 Å². The molecule has 1 amide bonds. The highest BCUT2D eigenvalue weighted by molar-refractivity contribution is 7.23. The minimum Gasteiger partial charge on any atom is -0.490 e. The number of benzene rings is 2. The molecule has 1 fully saturated rings. The number of carbonyl (C=O) groups is 1. The average molecular weight is 562 g/mol. The zero-order valence-corrected chi connectivity index (χ0v) is 24.1. The summed E-state index contributed by atoms with van der Waals surface area (Å²) in [5, 5.41) is 1.25. The Morgan fingerprint density at radius 1 is 1.08 bits per heavy atom. The molecule has 206 valence electrons. The van der Waals surface area contributed by atoms with Crippen molar-refractivity contribution in [1.29, 1.82) is 0 Å². The van der Waals surface area contributed by atoms with Crippen molar-refractivity contribution in [2.45, 2.75) is 34.1 Å². The van der Waals surface area contributed by atoms with Crippen molar-refractivity contribution >= 4 is 44.2 Å². The van der Waals surface area contributed by atoms with E-state index in [1.54, 1.807) is 17.0 Å². The number of nitrogens with zero attached hydrogens (tertiary/aromatic N) is 3. The summed E-state index contributed by atoms with van der Waals surface area (Å²) in [5.41, 5.74) is 2.29. The zero-order chi connectivity index (χ0) is 27.1. The van der Waals surface area contributed by atoms with E-state index in [-0.39, 0.29) is 5.91 Å². The van der Waals surface area contributed by atoms with E-state index in [4.69, 9.17) is 35.5 Å². The summed E-state index contributed by atoms with van der Waals surface area (Å²) in [6, 6.07) is 7.30. The molecule has 0 radical (unpaired) electrons. The number of aryl methyl sites for hydroxylation is 1. The number of morpholine rings is 1. The normalized spacial score (nSPS) is 14.0. The van der Waals surface area contributed by atoms with Gasteiger partial charge in [0.25, 0.3) is 5.91 Å². The molecule has 1 aromatic heterocycles. The van der Waals surface area contributed by atoms with Crippen molar-refractivity contribution in [3.63, 3.8) is 0 Å². The minimum atomic E-state index is -0.176. The minimum absolute atomic E-state index is 0.176. The molecule has 3 aromatic rings. The predicted molar refractivity (Wildman–Crippen MR) is 153 cm³/mol. The molecule has 8 nitrogen and oxygen atoms in total. The Kier molecular flexibility index (Phi) is 10.1. The summed E-state index contributed by atoms with van der Waals surface area (Å²) in [4.78, 5) is 23.1. The van der Waals surface area contributed by atoms with Gasteiger partial charge in [0.2, 0.25) is 5.75 Å². The van der Waals surface area contributed by atoms with Crippen LogP contribution >= 0.6 is 22.9 Å². The number of aromatic nitrogens is 1. The third kappa shape index (κ3) is 6.51. The molecule has 0 aliphatic carbocycles. The first-order valence-electron chi connectivity index (χ1n) is 13.2. The van der Waals surface area contributed by atoms with Gasteiger partial charge in [0.1, 0.15) is 0 Å². The van der Waals surface area contributed by atoms with Gasteiger partial charge in [-0.25, -0.2) is 4.98 Å². The number of halogens is 1. The van der Waals surface area contributed by atoms with Gasteiger partial charge in [0, 0.05) is 31.7 Å². The Bertz CT molecular complexity index is 1180. The fourth-order valence-corrected chi connectivity index (χ4v) is 5.78. The fraction of sp³-hybridized carbons (Fsp3) is 0.500. The van der Waals surface area contributed by atoms with Crippen molar-refractivity contribution < 1.29 is 23.7 Å². The molecule has 4 rings (SSSR count). The highest BCUT2D eigenvalue weighted by Crippen LogP contribution is 2.41. The van der Waals surface area contributed by atoms with Gasteiger partial charge < -0.3 is 18.9 Å². The van der Waals surface area contributed by atoms with E-state index in [2.05, 4.69) is 4.90 Å². The molecule has 0 unspecified atom stereocenters. The van der Waals surface area contributed by atoms with Gasteiger partial charge in [0.05, 0.1) is 48.3 Å². The summed E-state index contributed by atoms with van der Waals surface area (Å²) in [7, 11) is 0. The van der Waals surface area contributed by atoms with Crippen LogP contribution in [-0.2, 0) is 4.74 Å². The van der Waals surface area contributed by atoms with Crippen LogP contribution in [0.25, 0.3) is 10.2 Å². The summed E-state index contributed by atoms with van der Waals surface area (Å²) in [5.74, 6) is 1.30. The van der Waals surface area contributed by atoms with Crippen LogP contribution < -0.4 is 19.1 Å². The molecule has 0 N–H and O–H groups in total. The predicted octanol–water partition coefficient (Wildman–Crippen LogP) is 5.82. The lowest BCUT2D eigenvalue weighted by Gasteiger charge is -2.28. The Labute approximate surface area is 233 Å². The molecule has 2 aromatic carbocycles. The number of amides is 1. The molecule has 1 aliphatic rings. The van der Waals surface area contributed by atoms with Gasteiger partial charge in [-0.05, 0) is 57.9 Å². The number of anilines is 1. The van der Waals surface area contributed by atoms with E-state index in [9.17, 15) is 4.79 Å². The van der Waals surface area contributed by atoms with Crippen LogP contribution in [0.1, 0.15) is 43.1 Å². The summed E-state index contributed by atoms with van der Waals surface area (Å²) >= 11 is 7.95. The summed E-state index contributed by atoms with van der Waals surface area (Å²) < 4.78 is 23.9. The number of rotatable bonds is 12. The van der Waals surface area contributed by atoms with Gasteiger partial charge in [-0.2, -0.15) is 0 Å². The van der Waals surface area contributed by atoms with Gasteiger partial charge >= 0.3 is 0 Å². The number of fused-ring (bicyclic) bond motifs is 1. The second kappa shape index (κ2) is 13.5.